The van der Waals surface area contributed by atoms with Crippen LogP contribution in [0, 0.1) is 5.92 Å². The molecule has 0 bridgehead atoms. The van der Waals surface area contributed by atoms with Crippen LogP contribution in [-0.2, 0) is 10.0 Å². The van der Waals surface area contributed by atoms with Gasteiger partial charge in [-0.1, -0.05) is 18.5 Å². The molecule has 2 aromatic rings. The SMILES string of the molecule is CC1CCN(c2ccc(NC(=O)c3cc(S(=O)(=O)N4CCCC4)ccc3Cl)cc2)C1. The summed E-state index contributed by atoms with van der Waals surface area (Å²) in [5.74, 6) is 0.261. The summed E-state index contributed by atoms with van der Waals surface area (Å²) in [7, 11) is -3.61. The van der Waals surface area contributed by atoms with Crippen molar-refractivity contribution in [3.8, 4) is 0 Å². The fraction of sp³-hybridized carbons (Fsp3) is 0.409. The van der Waals surface area contributed by atoms with Crippen molar-refractivity contribution in [1.82, 2.24) is 4.31 Å². The molecule has 1 N–H and O–H groups in total. The number of rotatable bonds is 5. The van der Waals surface area contributed by atoms with Gasteiger partial charge in [-0.15, -0.1) is 0 Å². The number of sulfonamides is 1. The molecule has 2 saturated heterocycles. The molecule has 0 spiro atoms. The van der Waals surface area contributed by atoms with Gasteiger partial charge in [0, 0.05) is 37.6 Å². The first-order valence-corrected chi connectivity index (χ1v) is 12.1. The van der Waals surface area contributed by atoms with Gasteiger partial charge in [0.1, 0.15) is 0 Å². The van der Waals surface area contributed by atoms with Crippen molar-refractivity contribution >= 4 is 38.9 Å². The van der Waals surface area contributed by atoms with E-state index in [-0.39, 0.29) is 15.5 Å². The second kappa shape index (κ2) is 8.57. The minimum Gasteiger partial charge on any atom is -0.371 e. The number of anilines is 2. The van der Waals surface area contributed by atoms with E-state index in [9.17, 15) is 13.2 Å². The Morgan fingerprint density at radius 1 is 1.07 bits per heavy atom. The van der Waals surface area contributed by atoms with Gasteiger partial charge in [-0.2, -0.15) is 4.31 Å². The third-order valence-electron chi connectivity index (χ3n) is 5.80. The van der Waals surface area contributed by atoms with Crippen molar-refractivity contribution in [2.45, 2.75) is 31.1 Å². The highest BCUT2D eigenvalue weighted by Crippen LogP contribution is 2.27. The van der Waals surface area contributed by atoms with Crippen molar-refractivity contribution < 1.29 is 13.2 Å². The Morgan fingerprint density at radius 3 is 2.40 bits per heavy atom. The molecule has 0 aliphatic carbocycles. The normalized spacial score (nSPS) is 19.9. The van der Waals surface area contributed by atoms with Crippen molar-refractivity contribution in [2.24, 2.45) is 5.92 Å². The van der Waals surface area contributed by atoms with Crippen LogP contribution >= 0.6 is 11.6 Å². The number of carbonyl (C=O) groups excluding carboxylic acids is 1. The van der Waals surface area contributed by atoms with Crippen molar-refractivity contribution in [2.75, 3.05) is 36.4 Å². The number of amides is 1. The Morgan fingerprint density at radius 2 is 1.77 bits per heavy atom. The molecule has 2 aromatic carbocycles. The van der Waals surface area contributed by atoms with Gasteiger partial charge in [0.2, 0.25) is 10.0 Å². The minimum absolute atomic E-state index is 0.0949. The molecule has 1 unspecified atom stereocenters. The van der Waals surface area contributed by atoms with Gasteiger partial charge in [-0.3, -0.25) is 4.79 Å². The van der Waals surface area contributed by atoms with Crippen LogP contribution in [0.15, 0.2) is 47.4 Å². The first-order valence-electron chi connectivity index (χ1n) is 10.3. The molecule has 2 fully saturated rings. The largest absolute Gasteiger partial charge is 0.371 e. The molecule has 0 aromatic heterocycles. The van der Waals surface area contributed by atoms with E-state index in [2.05, 4.69) is 17.1 Å². The lowest BCUT2D eigenvalue weighted by molar-refractivity contribution is 0.102. The molecule has 2 aliphatic heterocycles. The van der Waals surface area contributed by atoms with Crippen LogP contribution < -0.4 is 10.2 Å². The number of hydrogen-bond acceptors (Lipinski definition) is 4. The van der Waals surface area contributed by atoms with Gasteiger partial charge in [0.15, 0.2) is 0 Å². The maximum Gasteiger partial charge on any atom is 0.257 e. The van der Waals surface area contributed by atoms with Crippen molar-refractivity contribution in [3.63, 3.8) is 0 Å². The highest BCUT2D eigenvalue weighted by atomic mass is 35.5. The third kappa shape index (κ3) is 4.33. The number of carbonyl (C=O) groups is 1. The van der Waals surface area contributed by atoms with E-state index in [1.807, 2.05) is 24.3 Å². The van der Waals surface area contributed by atoms with E-state index in [4.69, 9.17) is 11.6 Å². The molecule has 0 saturated carbocycles. The summed E-state index contributed by atoms with van der Waals surface area (Å²) in [4.78, 5) is 15.2. The molecular formula is C22H26ClN3O3S. The van der Waals surface area contributed by atoms with E-state index >= 15 is 0 Å². The first kappa shape index (κ1) is 21.2. The van der Waals surface area contributed by atoms with E-state index in [0.29, 0.717) is 24.7 Å². The second-order valence-corrected chi connectivity index (χ2v) is 10.4. The molecule has 6 nitrogen and oxygen atoms in total. The van der Waals surface area contributed by atoms with E-state index in [1.54, 1.807) is 0 Å². The Bertz CT molecular complexity index is 1030. The molecule has 8 heteroatoms. The first-order chi connectivity index (χ1) is 14.3. The fourth-order valence-corrected chi connectivity index (χ4v) is 5.79. The van der Waals surface area contributed by atoms with Crippen molar-refractivity contribution in [3.05, 3.63) is 53.1 Å². The summed E-state index contributed by atoms with van der Waals surface area (Å²) < 4.78 is 27.1. The second-order valence-electron chi connectivity index (χ2n) is 8.09. The van der Waals surface area contributed by atoms with Gasteiger partial charge >= 0.3 is 0 Å². The summed E-state index contributed by atoms with van der Waals surface area (Å²) in [5, 5.41) is 3.04. The van der Waals surface area contributed by atoms with Gasteiger partial charge in [-0.25, -0.2) is 8.42 Å². The quantitative estimate of drug-likeness (QED) is 0.744. The predicted octanol–water partition coefficient (Wildman–Crippen LogP) is 4.22. The molecule has 1 atom stereocenters. The van der Waals surface area contributed by atoms with Crippen LogP contribution in [0.2, 0.25) is 5.02 Å². The van der Waals surface area contributed by atoms with E-state index < -0.39 is 15.9 Å². The number of hydrogen-bond donors (Lipinski definition) is 1. The highest BCUT2D eigenvalue weighted by molar-refractivity contribution is 7.89. The minimum atomic E-state index is -3.61. The molecule has 2 heterocycles. The summed E-state index contributed by atoms with van der Waals surface area (Å²) in [5.41, 5.74) is 1.92. The topological polar surface area (TPSA) is 69.7 Å². The Kier molecular flexibility index (Phi) is 6.04. The number of nitrogens with one attached hydrogen (secondary N) is 1. The lowest BCUT2D eigenvalue weighted by Gasteiger charge is -2.18. The van der Waals surface area contributed by atoms with Gasteiger partial charge in [0.25, 0.3) is 5.91 Å². The standard InChI is InChI=1S/C22H26ClN3O3S/c1-16-10-13-25(15-16)18-6-4-17(5-7-18)24-22(27)20-14-19(8-9-21(20)23)30(28,29)26-11-2-3-12-26/h4-9,14,16H,2-3,10-13,15H2,1H3,(H,24,27). The molecule has 30 heavy (non-hydrogen) atoms. The Hall–Kier alpha value is -2.09. The van der Waals surface area contributed by atoms with Crippen LogP contribution in [0.5, 0.6) is 0 Å². The smallest absolute Gasteiger partial charge is 0.257 e. The molecule has 2 aliphatic rings. The number of benzene rings is 2. The average Bonchev–Trinajstić information content (AvgIpc) is 3.41. The van der Waals surface area contributed by atoms with Crippen LogP contribution in [-0.4, -0.2) is 44.8 Å². The lowest BCUT2D eigenvalue weighted by Crippen LogP contribution is -2.28. The molecule has 1 amide bonds. The van der Waals surface area contributed by atoms with Crippen LogP contribution in [0.1, 0.15) is 36.5 Å². The number of halogens is 1. The maximum absolute atomic E-state index is 12.8. The molecular weight excluding hydrogens is 422 g/mol. The van der Waals surface area contributed by atoms with Crippen LogP contribution in [0.4, 0.5) is 11.4 Å². The molecule has 0 radical (unpaired) electrons. The third-order valence-corrected chi connectivity index (χ3v) is 8.02. The zero-order valence-corrected chi connectivity index (χ0v) is 18.5. The summed E-state index contributed by atoms with van der Waals surface area (Å²) in [6.45, 7) is 5.35. The number of nitrogens with zero attached hydrogens (tertiary/aromatic N) is 2. The zero-order valence-electron chi connectivity index (χ0n) is 17.0. The Labute approximate surface area is 182 Å². The van der Waals surface area contributed by atoms with Crippen molar-refractivity contribution in [1.29, 1.82) is 0 Å². The lowest BCUT2D eigenvalue weighted by atomic mass is 10.2. The zero-order chi connectivity index (χ0) is 21.3. The van der Waals surface area contributed by atoms with E-state index in [1.165, 1.54) is 28.9 Å². The molecule has 4 rings (SSSR count). The summed E-state index contributed by atoms with van der Waals surface area (Å²) in [6, 6.07) is 12.0. The molecule has 160 valence electrons. The Balaban J connectivity index is 1.50. The summed E-state index contributed by atoms with van der Waals surface area (Å²) in [6.07, 6.45) is 2.90. The van der Waals surface area contributed by atoms with Gasteiger partial charge in [0.05, 0.1) is 15.5 Å². The highest BCUT2D eigenvalue weighted by Gasteiger charge is 2.28. The predicted molar refractivity (Wildman–Crippen MR) is 120 cm³/mol. The fourth-order valence-electron chi connectivity index (χ4n) is 4.04. The summed E-state index contributed by atoms with van der Waals surface area (Å²) >= 11 is 6.22. The van der Waals surface area contributed by atoms with Gasteiger partial charge < -0.3 is 10.2 Å². The van der Waals surface area contributed by atoms with E-state index in [0.717, 1.165) is 31.6 Å². The average molecular weight is 448 g/mol. The van der Waals surface area contributed by atoms with Crippen LogP contribution in [0.3, 0.4) is 0 Å². The monoisotopic (exact) mass is 447 g/mol. The van der Waals surface area contributed by atoms with Gasteiger partial charge in [-0.05, 0) is 67.6 Å². The maximum atomic E-state index is 12.8. The van der Waals surface area contributed by atoms with Crippen LogP contribution in [0.25, 0.3) is 0 Å².